The number of carbonyl (C=O) groups is 1. The molecule has 2 N–H and O–H groups in total. The Bertz CT molecular complexity index is 767. The molecule has 0 radical (unpaired) electrons. The van der Waals surface area contributed by atoms with E-state index in [9.17, 15) is 4.79 Å². The highest BCUT2D eigenvalue weighted by Crippen LogP contribution is 2.25. The molecule has 3 rings (SSSR count). The third-order valence-electron chi connectivity index (χ3n) is 2.93. The van der Waals surface area contributed by atoms with Crippen LogP contribution in [-0.4, -0.2) is 22.7 Å². The van der Waals surface area contributed by atoms with E-state index in [0.717, 1.165) is 11.1 Å². The second-order valence-corrected chi connectivity index (χ2v) is 4.56. The zero-order valence-electron chi connectivity index (χ0n) is 11.6. The van der Waals surface area contributed by atoms with Gasteiger partial charge in [-0.1, -0.05) is 18.2 Å². The van der Waals surface area contributed by atoms with Crippen molar-refractivity contribution in [2.45, 2.75) is 0 Å². The monoisotopic (exact) mass is 295 g/mol. The van der Waals surface area contributed by atoms with Crippen LogP contribution in [0.2, 0.25) is 0 Å². The van der Waals surface area contributed by atoms with Gasteiger partial charge in [-0.05, 0) is 36.4 Å². The SMILES string of the molecule is NC(=O)COc1ccc(-c2nnc(-c3ccccc3)o2)cc1. The number of rotatable bonds is 5. The van der Waals surface area contributed by atoms with Crippen LogP contribution < -0.4 is 10.5 Å². The maximum Gasteiger partial charge on any atom is 0.255 e. The number of benzene rings is 2. The minimum atomic E-state index is -0.520. The minimum absolute atomic E-state index is 0.155. The van der Waals surface area contributed by atoms with E-state index in [1.807, 2.05) is 30.3 Å². The summed E-state index contributed by atoms with van der Waals surface area (Å²) in [6.07, 6.45) is 0. The summed E-state index contributed by atoms with van der Waals surface area (Å²) in [5, 5.41) is 8.07. The van der Waals surface area contributed by atoms with E-state index in [4.69, 9.17) is 14.9 Å². The van der Waals surface area contributed by atoms with Gasteiger partial charge in [0.05, 0.1) is 0 Å². The number of nitrogens with two attached hydrogens (primary N) is 1. The van der Waals surface area contributed by atoms with Crippen LogP contribution in [0.4, 0.5) is 0 Å². The molecule has 6 heteroatoms. The molecule has 0 aliphatic heterocycles. The van der Waals surface area contributed by atoms with Crippen molar-refractivity contribution >= 4 is 5.91 Å². The van der Waals surface area contributed by atoms with E-state index < -0.39 is 5.91 Å². The number of ether oxygens (including phenoxy) is 1. The molecule has 0 fully saturated rings. The van der Waals surface area contributed by atoms with Crippen LogP contribution in [-0.2, 0) is 4.79 Å². The number of nitrogens with zero attached hydrogens (tertiary/aromatic N) is 2. The van der Waals surface area contributed by atoms with E-state index >= 15 is 0 Å². The highest BCUT2D eigenvalue weighted by molar-refractivity contribution is 5.75. The first-order valence-corrected chi connectivity index (χ1v) is 6.63. The Balaban J connectivity index is 1.77. The van der Waals surface area contributed by atoms with Crippen molar-refractivity contribution in [3.05, 3.63) is 54.6 Å². The average Bonchev–Trinajstić information content (AvgIpc) is 3.04. The second-order valence-electron chi connectivity index (χ2n) is 4.56. The summed E-state index contributed by atoms with van der Waals surface area (Å²) in [7, 11) is 0. The minimum Gasteiger partial charge on any atom is -0.484 e. The van der Waals surface area contributed by atoms with Crippen LogP contribution in [0, 0.1) is 0 Å². The number of hydrogen-bond donors (Lipinski definition) is 1. The van der Waals surface area contributed by atoms with E-state index in [0.29, 0.717) is 17.5 Å². The van der Waals surface area contributed by atoms with Gasteiger partial charge in [0, 0.05) is 11.1 Å². The molecule has 3 aromatic rings. The third-order valence-corrected chi connectivity index (χ3v) is 2.93. The summed E-state index contributed by atoms with van der Waals surface area (Å²) in [6.45, 7) is -0.155. The van der Waals surface area contributed by atoms with Crippen LogP contribution in [0.3, 0.4) is 0 Å². The molecule has 0 atom stereocenters. The normalized spacial score (nSPS) is 10.4. The van der Waals surface area contributed by atoms with Crippen LogP contribution in [0.1, 0.15) is 0 Å². The molecule has 0 saturated carbocycles. The zero-order valence-corrected chi connectivity index (χ0v) is 11.6. The number of carbonyl (C=O) groups excluding carboxylic acids is 1. The summed E-state index contributed by atoms with van der Waals surface area (Å²) in [4.78, 5) is 10.7. The van der Waals surface area contributed by atoms with E-state index in [2.05, 4.69) is 10.2 Å². The summed E-state index contributed by atoms with van der Waals surface area (Å²) >= 11 is 0. The smallest absolute Gasteiger partial charge is 0.255 e. The predicted octanol–water partition coefficient (Wildman–Crippen LogP) is 2.27. The van der Waals surface area contributed by atoms with Crippen LogP contribution >= 0.6 is 0 Å². The average molecular weight is 295 g/mol. The summed E-state index contributed by atoms with van der Waals surface area (Å²) < 4.78 is 10.8. The largest absolute Gasteiger partial charge is 0.484 e. The Morgan fingerprint density at radius 1 is 0.955 bits per heavy atom. The number of primary amides is 1. The highest BCUT2D eigenvalue weighted by atomic mass is 16.5. The molecule has 2 aromatic carbocycles. The van der Waals surface area contributed by atoms with Gasteiger partial charge in [-0.3, -0.25) is 4.79 Å². The van der Waals surface area contributed by atoms with E-state index in [1.54, 1.807) is 24.3 Å². The summed E-state index contributed by atoms with van der Waals surface area (Å²) in [5.41, 5.74) is 6.65. The quantitative estimate of drug-likeness (QED) is 0.779. The molecule has 0 aliphatic carbocycles. The van der Waals surface area contributed by atoms with Crippen molar-refractivity contribution in [1.29, 1.82) is 0 Å². The van der Waals surface area contributed by atoms with Crippen LogP contribution in [0.5, 0.6) is 5.75 Å². The molecule has 6 nitrogen and oxygen atoms in total. The van der Waals surface area contributed by atoms with E-state index in [-0.39, 0.29) is 6.61 Å². The number of aromatic nitrogens is 2. The molecule has 0 saturated heterocycles. The Morgan fingerprint density at radius 3 is 2.14 bits per heavy atom. The van der Waals surface area contributed by atoms with Gasteiger partial charge in [-0.25, -0.2) is 0 Å². The topological polar surface area (TPSA) is 91.2 Å². The standard InChI is InChI=1S/C16H13N3O3/c17-14(20)10-21-13-8-6-12(7-9-13)16-19-18-15(22-16)11-4-2-1-3-5-11/h1-9H,10H2,(H2,17,20). The Labute approximate surface area is 126 Å². The molecule has 22 heavy (non-hydrogen) atoms. The predicted molar refractivity (Wildman–Crippen MR) is 79.9 cm³/mol. The molecule has 0 aliphatic rings. The highest BCUT2D eigenvalue weighted by Gasteiger charge is 2.10. The summed E-state index contributed by atoms with van der Waals surface area (Å²) in [5.74, 6) is 0.906. The fourth-order valence-corrected chi connectivity index (χ4v) is 1.89. The van der Waals surface area contributed by atoms with Crippen molar-refractivity contribution < 1.29 is 13.9 Å². The lowest BCUT2D eigenvalue weighted by Gasteiger charge is -2.03. The van der Waals surface area contributed by atoms with E-state index in [1.165, 1.54) is 0 Å². The van der Waals surface area contributed by atoms with Gasteiger partial charge in [0.25, 0.3) is 5.91 Å². The van der Waals surface area contributed by atoms with Crippen molar-refractivity contribution in [1.82, 2.24) is 10.2 Å². The lowest BCUT2D eigenvalue weighted by atomic mass is 10.2. The molecule has 1 amide bonds. The molecule has 0 unspecified atom stereocenters. The molecule has 1 aromatic heterocycles. The molecular weight excluding hydrogens is 282 g/mol. The fraction of sp³-hybridized carbons (Fsp3) is 0.0625. The first-order valence-electron chi connectivity index (χ1n) is 6.63. The summed E-state index contributed by atoms with van der Waals surface area (Å²) in [6, 6.07) is 16.5. The van der Waals surface area contributed by atoms with Gasteiger partial charge >= 0.3 is 0 Å². The van der Waals surface area contributed by atoms with Gasteiger partial charge < -0.3 is 14.9 Å². The third kappa shape index (κ3) is 3.12. The van der Waals surface area contributed by atoms with Crippen LogP contribution in [0.15, 0.2) is 59.0 Å². The molecular formula is C16H13N3O3. The lowest BCUT2D eigenvalue weighted by molar-refractivity contribution is -0.119. The molecule has 1 heterocycles. The fourth-order valence-electron chi connectivity index (χ4n) is 1.89. The first-order chi connectivity index (χ1) is 10.7. The molecule has 0 spiro atoms. The zero-order chi connectivity index (χ0) is 15.4. The van der Waals surface area contributed by atoms with Gasteiger partial charge in [-0.15, -0.1) is 10.2 Å². The van der Waals surface area contributed by atoms with Gasteiger partial charge in [0.15, 0.2) is 6.61 Å². The Hall–Kier alpha value is -3.15. The van der Waals surface area contributed by atoms with Gasteiger partial charge in [0.1, 0.15) is 5.75 Å². The van der Waals surface area contributed by atoms with Crippen molar-refractivity contribution in [3.8, 4) is 28.7 Å². The van der Waals surface area contributed by atoms with Crippen molar-refractivity contribution in [2.75, 3.05) is 6.61 Å². The molecule has 110 valence electrons. The van der Waals surface area contributed by atoms with Crippen molar-refractivity contribution in [2.24, 2.45) is 5.73 Å². The Kier molecular flexibility index (Phi) is 3.82. The number of amides is 1. The lowest BCUT2D eigenvalue weighted by Crippen LogP contribution is -2.19. The second kappa shape index (κ2) is 6.09. The maximum atomic E-state index is 10.7. The van der Waals surface area contributed by atoms with Gasteiger partial charge in [-0.2, -0.15) is 0 Å². The van der Waals surface area contributed by atoms with Gasteiger partial charge in [0.2, 0.25) is 11.8 Å². The maximum absolute atomic E-state index is 10.7. The first kappa shape index (κ1) is 13.8. The van der Waals surface area contributed by atoms with Crippen molar-refractivity contribution in [3.63, 3.8) is 0 Å². The Morgan fingerprint density at radius 2 is 1.55 bits per heavy atom. The molecule has 0 bridgehead atoms. The van der Waals surface area contributed by atoms with Crippen LogP contribution in [0.25, 0.3) is 22.9 Å². The number of hydrogen-bond acceptors (Lipinski definition) is 5.